The van der Waals surface area contributed by atoms with E-state index in [4.69, 9.17) is 0 Å². The second-order valence-electron chi connectivity index (χ2n) is 5.00. The average molecular weight is 259 g/mol. The molecule has 0 aliphatic carbocycles. The molecule has 1 N–H and O–H groups in total. The van der Waals surface area contributed by atoms with Crippen LogP contribution in [0.15, 0.2) is 29.6 Å². The molecule has 1 aromatic carbocycles. The first-order valence-corrected chi connectivity index (χ1v) is 7.29. The Hall–Kier alpha value is -1.12. The summed E-state index contributed by atoms with van der Waals surface area (Å²) in [5, 5.41) is 5.75. The van der Waals surface area contributed by atoms with Gasteiger partial charge in [0.1, 0.15) is 0 Å². The van der Waals surface area contributed by atoms with Gasteiger partial charge in [0.05, 0.1) is 0 Å². The quantitative estimate of drug-likeness (QED) is 0.851. The van der Waals surface area contributed by atoms with E-state index in [1.807, 2.05) is 11.3 Å². The predicted molar refractivity (Wildman–Crippen MR) is 80.2 cm³/mol. The van der Waals surface area contributed by atoms with Gasteiger partial charge in [-0.25, -0.2) is 0 Å². The Morgan fingerprint density at radius 1 is 1.17 bits per heavy atom. The third-order valence-electron chi connectivity index (χ3n) is 3.40. The van der Waals surface area contributed by atoms with E-state index in [1.165, 1.54) is 27.1 Å². The fourth-order valence-electron chi connectivity index (χ4n) is 2.38. The first kappa shape index (κ1) is 13.3. The van der Waals surface area contributed by atoms with Crippen molar-refractivity contribution in [1.82, 2.24) is 5.32 Å². The van der Waals surface area contributed by atoms with Gasteiger partial charge in [0.15, 0.2) is 0 Å². The van der Waals surface area contributed by atoms with Crippen LogP contribution in [-0.4, -0.2) is 0 Å². The minimum Gasteiger partial charge on any atom is -0.305 e. The maximum Gasteiger partial charge on any atom is 0.0388 e. The van der Waals surface area contributed by atoms with Crippen molar-refractivity contribution in [1.29, 1.82) is 0 Å². The van der Waals surface area contributed by atoms with Crippen LogP contribution in [0.5, 0.6) is 0 Å². The van der Waals surface area contributed by atoms with Crippen molar-refractivity contribution in [2.24, 2.45) is 0 Å². The summed E-state index contributed by atoms with van der Waals surface area (Å²) in [4.78, 5) is 1.40. The topological polar surface area (TPSA) is 12.0 Å². The van der Waals surface area contributed by atoms with E-state index in [2.05, 4.69) is 62.7 Å². The molecular formula is C16H21NS. The van der Waals surface area contributed by atoms with Crippen LogP contribution in [0.3, 0.4) is 0 Å². The summed E-state index contributed by atoms with van der Waals surface area (Å²) >= 11 is 1.81. The van der Waals surface area contributed by atoms with Crippen LogP contribution in [0, 0.1) is 20.8 Å². The molecule has 0 amide bonds. The minimum absolute atomic E-state index is 0.421. The highest BCUT2D eigenvalue weighted by Crippen LogP contribution is 2.21. The van der Waals surface area contributed by atoms with E-state index in [0.29, 0.717) is 6.04 Å². The van der Waals surface area contributed by atoms with Crippen molar-refractivity contribution in [3.05, 3.63) is 56.8 Å². The van der Waals surface area contributed by atoms with Gasteiger partial charge < -0.3 is 5.32 Å². The van der Waals surface area contributed by atoms with Gasteiger partial charge in [-0.3, -0.25) is 0 Å². The van der Waals surface area contributed by atoms with E-state index in [1.54, 1.807) is 0 Å². The molecule has 0 aliphatic heterocycles. The number of hydrogen-bond acceptors (Lipinski definition) is 2. The SMILES string of the molecule is Cc1cc(C)c(CN[C@H](C)c2cccs2)c(C)c1. The molecule has 0 saturated carbocycles. The summed E-state index contributed by atoms with van der Waals surface area (Å²) in [5.41, 5.74) is 5.56. The van der Waals surface area contributed by atoms with Gasteiger partial charge in [-0.1, -0.05) is 23.8 Å². The smallest absolute Gasteiger partial charge is 0.0388 e. The van der Waals surface area contributed by atoms with E-state index in [9.17, 15) is 0 Å². The number of benzene rings is 1. The van der Waals surface area contributed by atoms with Crippen LogP contribution < -0.4 is 5.32 Å². The normalized spacial score (nSPS) is 12.7. The molecule has 96 valence electrons. The molecular weight excluding hydrogens is 238 g/mol. The molecule has 0 radical (unpaired) electrons. The summed E-state index contributed by atoms with van der Waals surface area (Å²) in [6.45, 7) is 9.73. The third kappa shape index (κ3) is 3.01. The highest BCUT2D eigenvalue weighted by molar-refractivity contribution is 7.10. The lowest BCUT2D eigenvalue weighted by molar-refractivity contribution is 0.580. The number of rotatable bonds is 4. The minimum atomic E-state index is 0.421. The Morgan fingerprint density at radius 3 is 2.39 bits per heavy atom. The van der Waals surface area contributed by atoms with Crippen molar-refractivity contribution in [3.63, 3.8) is 0 Å². The van der Waals surface area contributed by atoms with Gasteiger partial charge >= 0.3 is 0 Å². The van der Waals surface area contributed by atoms with Gasteiger partial charge in [-0.15, -0.1) is 11.3 Å². The van der Waals surface area contributed by atoms with Gasteiger partial charge in [-0.05, 0) is 55.8 Å². The zero-order valence-electron chi connectivity index (χ0n) is 11.6. The Balaban J connectivity index is 2.07. The standard InChI is InChI=1S/C16H21NS/c1-11-8-12(2)15(13(3)9-11)10-17-14(4)16-6-5-7-18-16/h5-9,14,17H,10H2,1-4H3/t14-/m1/s1. The van der Waals surface area contributed by atoms with Crippen LogP contribution in [0.4, 0.5) is 0 Å². The van der Waals surface area contributed by atoms with E-state index in [-0.39, 0.29) is 0 Å². The van der Waals surface area contributed by atoms with Gasteiger partial charge in [0.25, 0.3) is 0 Å². The first-order valence-electron chi connectivity index (χ1n) is 6.41. The first-order chi connectivity index (χ1) is 8.58. The molecule has 1 atom stereocenters. The van der Waals surface area contributed by atoms with E-state index < -0.39 is 0 Å². The number of thiophene rings is 1. The lowest BCUT2D eigenvalue weighted by atomic mass is 9.99. The van der Waals surface area contributed by atoms with Crippen LogP contribution in [-0.2, 0) is 6.54 Å². The van der Waals surface area contributed by atoms with Crippen LogP contribution in [0.25, 0.3) is 0 Å². The molecule has 1 aromatic heterocycles. The van der Waals surface area contributed by atoms with Gasteiger partial charge in [0.2, 0.25) is 0 Å². The Kier molecular flexibility index (Phi) is 4.20. The average Bonchev–Trinajstić information content (AvgIpc) is 2.80. The van der Waals surface area contributed by atoms with Crippen LogP contribution in [0.2, 0.25) is 0 Å². The van der Waals surface area contributed by atoms with E-state index in [0.717, 1.165) is 6.54 Å². The molecule has 1 heterocycles. The molecule has 18 heavy (non-hydrogen) atoms. The lowest BCUT2D eigenvalue weighted by Crippen LogP contribution is -2.18. The Labute approximate surface area is 114 Å². The van der Waals surface area contributed by atoms with Crippen LogP contribution in [0.1, 0.15) is 40.1 Å². The fourth-order valence-corrected chi connectivity index (χ4v) is 3.14. The lowest BCUT2D eigenvalue weighted by Gasteiger charge is -2.16. The van der Waals surface area contributed by atoms with Crippen LogP contribution >= 0.6 is 11.3 Å². The maximum absolute atomic E-state index is 3.61. The van der Waals surface area contributed by atoms with Gasteiger partial charge in [0, 0.05) is 17.5 Å². The number of aryl methyl sites for hydroxylation is 3. The predicted octanol–water partition coefficient (Wildman–Crippen LogP) is 4.52. The fraction of sp³-hybridized carbons (Fsp3) is 0.375. The second kappa shape index (κ2) is 5.68. The second-order valence-corrected chi connectivity index (χ2v) is 5.97. The summed E-state index contributed by atoms with van der Waals surface area (Å²) in [6.07, 6.45) is 0. The van der Waals surface area contributed by atoms with Gasteiger partial charge in [-0.2, -0.15) is 0 Å². The summed E-state index contributed by atoms with van der Waals surface area (Å²) in [7, 11) is 0. The number of nitrogens with one attached hydrogen (secondary N) is 1. The zero-order chi connectivity index (χ0) is 13.1. The van der Waals surface area contributed by atoms with E-state index >= 15 is 0 Å². The molecule has 2 heteroatoms. The molecule has 0 spiro atoms. The summed E-state index contributed by atoms with van der Waals surface area (Å²) < 4.78 is 0. The van der Waals surface area contributed by atoms with Crippen molar-refractivity contribution >= 4 is 11.3 Å². The molecule has 0 unspecified atom stereocenters. The molecule has 0 aliphatic rings. The number of hydrogen-bond donors (Lipinski definition) is 1. The highest BCUT2D eigenvalue weighted by Gasteiger charge is 2.08. The molecule has 1 nitrogen and oxygen atoms in total. The third-order valence-corrected chi connectivity index (χ3v) is 4.45. The molecule has 0 fully saturated rings. The molecule has 0 saturated heterocycles. The zero-order valence-corrected chi connectivity index (χ0v) is 12.4. The largest absolute Gasteiger partial charge is 0.305 e. The van der Waals surface area contributed by atoms with Crippen molar-refractivity contribution in [2.45, 2.75) is 40.3 Å². The molecule has 2 rings (SSSR count). The maximum atomic E-state index is 3.61. The van der Waals surface area contributed by atoms with Crippen molar-refractivity contribution in [2.75, 3.05) is 0 Å². The van der Waals surface area contributed by atoms with Crippen molar-refractivity contribution in [3.8, 4) is 0 Å². The van der Waals surface area contributed by atoms with Crippen molar-refractivity contribution < 1.29 is 0 Å². The Bertz CT molecular complexity index is 491. The summed E-state index contributed by atoms with van der Waals surface area (Å²) in [5.74, 6) is 0. The molecule has 0 bridgehead atoms. The summed E-state index contributed by atoms with van der Waals surface area (Å²) in [6, 6.07) is 9.25. The Morgan fingerprint density at radius 2 is 1.83 bits per heavy atom. The highest BCUT2D eigenvalue weighted by atomic mass is 32.1. The monoisotopic (exact) mass is 259 g/mol. The molecule has 2 aromatic rings.